The van der Waals surface area contributed by atoms with Crippen LogP contribution in [0.5, 0.6) is 11.5 Å². The third-order valence-corrected chi connectivity index (χ3v) is 4.90. The minimum absolute atomic E-state index is 0.344. The second-order valence-electron chi connectivity index (χ2n) is 6.75. The van der Waals surface area contributed by atoms with Crippen molar-refractivity contribution in [3.63, 3.8) is 0 Å². The van der Waals surface area contributed by atoms with Gasteiger partial charge in [0.05, 0.1) is 11.4 Å². The highest BCUT2D eigenvalue weighted by Crippen LogP contribution is 2.34. The van der Waals surface area contributed by atoms with Crippen molar-refractivity contribution < 1.29 is 14.3 Å². The number of nitrogens with zero attached hydrogens (tertiary/aromatic N) is 2. The molecule has 150 valence electrons. The van der Waals surface area contributed by atoms with Crippen LogP contribution in [0.1, 0.15) is 0 Å². The molecule has 0 saturated carbocycles. The number of hydrogen-bond donors (Lipinski definition) is 2. The Morgan fingerprint density at radius 1 is 0.900 bits per heavy atom. The van der Waals surface area contributed by atoms with Gasteiger partial charge >= 0.3 is 6.03 Å². The van der Waals surface area contributed by atoms with E-state index >= 15 is 0 Å². The molecule has 1 aliphatic rings. The first kappa shape index (κ1) is 18.3. The molecular formula is C22H17ClN4O3. The molecule has 0 unspecified atom stereocenters. The first-order chi connectivity index (χ1) is 14.6. The van der Waals surface area contributed by atoms with Gasteiger partial charge in [-0.2, -0.15) is 0 Å². The van der Waals surface area contributed by atoms with Gasteiger partial charge in [-0.3, -0.25) is 0 Å². The number of imidazole rings is 1. The Labute approximate surface area is 177 Å². The lowest BCUT2D eigenvalue weighted by Gasteiger charge is -2.18. The Morgan fingerprint density at radius 2 is 1.63 bits per heavy atom. The van der Waals surface area contributed by atoms with Crippen LogP contribution >= 0.6 is 11.6 Å². The van der Waals surface area contributed by atoms with Gasteiger partial charge in [0.25, 0.3) is 0 Å². The number of carbonyl (C=O) groups excluding carboxylic acids is 1. The van der Waals surface area contributed by atoms with E-state index in [0.29, 0.717) is 29.6 Å². The Kier molecular flexibility index (Phi) is 4.65. The highest BCUT2D eigenvalue weighted by atomic mass is 35.5. The molecule has 2 aromatic heterocycles. The van der Waals surface area contributed by atoms with Crippen molar-refractivity contribution in [2.24, 2.45) is 0 Å². The quantitative estimate of drug-likeness (QED) is 0.485. The zero-order chi connectivity index (χ0) is 20.5. The van der Waals surface area contributed by atoms with Gasteiger partial charge in [0.15, 0.2) is 11.5 Å². The number of amides is 2. The average Bonchev–Trinajstić information content (AvgIpc) is 3.18. The number of urea groups is 1. The van der Waals surface area contributed by atoms with Crippen molar-refractivity contribution in [2.45, 2.75) is 0 Å². The molecule has 0 radical (unpaired) electrons. The largest absolute Gasteiger partial charge is 0.486 e. The van der Waals surface area contributed by atoms with E-state index in [-0.39, 0.29) is 6.03 Å². The van der Waals surface area contributed by atoms with Crippen LogP contribution in [0.3, 0.4) is 0 Å². The first-order valence-electron chi connectivity index (χ1n) is 9.36. The number of pyridine rings is 1. The van der Waals surface area contributed by atoms with Gasteiger partial charge in [-0.1, -0.05) is 11.6 Å². The number of anilines is 2. The first-order valence-corrected chi connectivity index (χ1v) is 9.74. The number of carbonyl (C=O) groups is 1. The lowest BCUT2D eigenvalue weighted by Crippen LogP contribution is -2.19. The van der Waals surface area contributed by atoms with E-state index < -0.39 is 0 Å². The molecule has 2 N–H and O–H groups in total. The van der Waals surface area contributed by atoms with Crippen LogP contribution in [0.25, 0.3) is 16.9 Å². The summed E-state index contributed by atoms with van der Waals surface area (Å²) in [5.74, 6) is 1.46. The van der Waals surface area contributed by atoms with Crippen molar-refractivity contribution >= 4 is 34.7 Å². The molecule has 2 aromatic carbocycles. The van der Waals surface area contributed by atoms with Gasteiger partial charge in [-0.15, -0.1) is 0 Å². The molecule has 8 heteroatoms. The topological polar surface area (TPSA) is 76.9 Å². The van der Waals surface area contributed by atoms with Crippen molar-refractivity contribution in [1.29, 1.82) is 0 Å². The number of fused-ring (bicyclic) bond motifs is 2. The SMILES string of the molecule is O=C(Nc1ccc(Cl)cc1)Nc1ccc2nc(-c3ccc4c(c3)OCCO4)cn2c1. The summed E-state index contributed by atoms with van der Waals surface area (Å²) in [4.78, 5) is 16.9. The van der Waals surface area contributed by atoms with Gasteiger partial charge in [0.1, 0.15) is 18.9 Å². The predicted octanol–water partition coefficient (Wildman–Crippen LogP) is 5.07. The van der Waals surface area contributed by atoms with Gasteiger partial charge in [0, 0.05) is 28.7 Å². The zero-order valence-electron chi connectivity index (χ0n) is 15.8. The summed E-state index contributed by atoms with van der Waals surface area (Å²) >= 11 is 5.86. The molecular weight excluding hydrogens is 404 g/mol. The lowest BCUT2D eigenvalue weighted by atomic mass is 10.1. The molecule has 0 aliphatic carbocycles. The molecule has 4 aromatic rings. The van der Waals surface area contributed by atoms with Gasteiger partial charge in [-0.25, -0.2) is 9.78 Å². The van der Waals surface area contributed by atoms with Crippen LogP contribution < -0.4 is 20.1 Å². The third-order valence-electron chi connectivity index (χ3n) is 4.65. The molecule has 0 saturated heterocycles. The molecule has 0 spiro atoms. The van der Waals surface area contributed by atoms with Crippen LogP contribution in [0.15, 0.2) is 67.0 Å². The molecule has 2 amide bonds. The Hall–Kier alpha value is -3.71. The number of rotatable bonds is 3. The Morgan fingerprint density at radius 3 is 2.47 bits per heavy atom. The van der Waals surface area contributed by atoms with Gasteiger partial charge in [-0.05, 0) is 54.6 Å². The van der Waals surface area contributed by atoms with Gasteiger partial charge < -0.3 is 24.5 Å². The van der Waals surface area contributed by atoms with Crippen molar-refractivity contribution in [3.8, 4) is 22.8 Å². The summed E-state index contributed by atoms with van der Waals surface area (Å²) < 4.78 is 13.1. The minimum atomic E-state index is -0.344. The predicted molar refractivity (Wildman–Crippen MR) is 116 cm³/mol. The number of ether oxygens (including phenoxy) is 2. The van der Waals surface area contributed by atoms with E-state index in [1.807, 2.05) is 41.1 Å². The number of nitrogens with one attached hydrogen (secondary N) is 2. The summed E-state index contributed by atoms with van der Waals surface area (Å²) in [6, 6.07) is 16.0. The van der Waals surface area contributed by atoms with Crippen LogP contribution in [0, 0.1) is 0 Å². The number of halogens is 1. The number of hydrogen-bond acceptors (Lipinski definition) is 4. The lowest BCUT2D eigenvalue weighted by molar-refractivity contribution is 0.171. The fraction of sp³-hybridized carbons (Fsp3) is 0.0909. The van der Waals surface area contributed by atoms with Crippen molar-refractivity contribution in [1.82, 2.24) is 9.38 Å². The molecule has 30 heavy (non-hydrogen) atoms. The van der Waals surface area contributed by atoms with E-state index in [0.717, 1.165) is 28.4 Å². The second-order valence-corrected chi connectivity index (χ2v) is 7.19. The molecule has 0 bridgehead atoms. The molecule has 0 atom stereocenters. The van der Waals surface area contributed by atoms with Gasteiger partial charge in [0.2, 0.25) is 0 Å². The van der Waals surface area contributed by atoms with E-state index in [1.54, 1.807) is 30.3 Å². The highest BCUT2D eigenvalue weighted by Gasteiger charge is 2.14. The van der Waals surface area contributed by atoms with Crippen LogP contribution in [0.2, 0.25) is 5.02 Å². The fourth-order valence-corrected chi connectivity index (χ4v) is 3.36. The standard InChI is InChI=1S/C22H17ClN4O3/c23-15-2-4-16(5-3-15)24-22(28)25-17-6-8-21-26-18(13-27(21)12-17)14-1-7-19-20(11-14)30-10-9-29-19/h1-8,11-13H,9-10H2,(H2,24,25,28). The number of aromatic nitrogens is 2. The summed E-state index contributed by atoms with van der Waals surface area (Å²) in [7, 11) is 0. The molecule has 3 heterocycles. The maximum Gasteiger partial charge on any atom is 0.323 e. The summed E-state index contributed by atoms with van der Waals surface area (Å²) in [5.41, 5.74) is 3.79. The third kappa shape index (κ3) is 3.75. The van der Waals surface area contributed by atoms with Crippen LogP contribution in [0.4, 0.5) is 16.2 Å². The maximum atomic E-state index is 12.3. The Balaban J connectivity index is 1.35. The summed E-state index contributed by atoms with van der Waals surface area (Å²) in [5, 5.41) is 6.20. The second kappa shape index (κ2) is 7.61. The number of benzene rings is 2. The Bertz CT molecular complexity index is 1240. The highest BCUT2D eigenvalue weighted by molar-refractivity contribution is 6.30. The summed E-state index contributed by atoms with van der Waals surface area (Å²) in [6.07, 6.45) is 3.72. The normalized spacial score (nSPS) is 12.6. The smallest absolute Gasteiger partial charge is 0.323 e. The minimum Gasteiger partial charge on any atom is -0.486 e. The maximum absolute atomic E-state index is 12.3. The van der Waals surface area contributed by atoms with E-state index in [9.17, 15) is 4.79 Å². The fourth-order valence-electron chi connectivity index (χ4n) is 3.23. The van der Waals surface area contributed by atoms with E-state index in [1.165, 1.54) is 0 Å². The molecule has 0 fully saturated rings. The van der Waals surface area contributed by atoms with Crippen molar-refractivity contribution in [3.05, 3.63) is 72.0 Å². The monoisotopic (exact) mass is 420 g/mol. The average molecular weight is 421 g/mol. The zero-order valence-corrected chi connectivity index (χ0v) is 16.5. The van der Waals surface area contributed by atoms with E-state index in [4.69, 9.17) is 21.1 Å². The van der Waals surface area contributed by atoms with E-state index in [2.05, 4.69) is 15.6 Å². The van der Waals surface area contributed by atoms with Crippen LogP contribution in [-0.2, 0) is 0 Å². The summed E-state index contributed by atoms with van der Waals surface area (Å²) in [6.45, 7) is 1.09. The van der Waals surface area contributed by atoms with Crippen molar-refractivity contribution in [2.75, 3.05) is 23.8 Å². The molecule has 5 rings (SSSR count). The molecule has 7 nitrogen and oxygen atoms in total. The van der Waals surface area contributed by atoms with Crippen LogP contribution in [-0.4, -0.2) is 28.6 Å². The molecule has 1 aliphatic heterocycles.